The van der Waals surface area contributed by atoms with Gasteiger partial charge in [-0.2, -0.15) is 0 Å². The van der Waals surface area contributed by atoms with Crippen molar-refractivity contribution in [1.82, 2.24) is 9.88 Å². The number of pyridine rings is 1. The first-order valence-corrected chi connectivity index (χ1v) is 10.7. The van der Waals surface area contributed by atoms with Crippen molar-refractivity contribution in [3.05, 3.63) is 42.9 Å². The number of esters is 1. The van der Waals surface area contributed by atoms with Gasteiger partial charge in [-0.1, -0.05) is 0 Å². The Bertz CT molecular complexity index is 900. The fraction of sp³-hybridized carbons (Fsp3) is 0.316. The molecule has 0 bridgehead atoms. The monoisotopic (exact) mass is 610 g/mol. The van der Waals surface area contributed by atoms with Crippen LogP contribution in [0.4, 0.5) is 4.39 Å². The van der Waals surface area contributed by atoms with Crippen LogP contribution in [0.2, 0.25) is 0 Å². The quantitative estimate of drug-likeness (QED) is 0.367. The molecule has 1 aromatic heterocycles. The molecule has 0 atom stereocenters. The number of ether oxygens (including phenoxy) is 2. The number of halogens is 3. The molecule has 0 N–H and O–H groups in total. The Morgan fingerprint density at radius 3 is 2.71 bits per heavy atom. The van der Waals surface area contributed by atoms with E-state index in [0.717, 1.165) is 13.0 Å². The summed E-state index contributed by atoms with van der Waals surface area (Å²) in [5.41, 5.74) is 0.793. The average Bonchev–Trinajstić information content (AvgIpc) is 3.07. The summed E-state index contributed by atoms with van der Waals surface area (Å²) in [6.45, 7) is 1.53. The maximum atomic E-state index is 14.9. The smallest absolute Gasteiger partial charge is 0.356 e. The highest BCUT2D eigenvalue weighted by molar-refractivity contribution is 14.1. The van der Waals surface area contributed by atoms with E-state index in [0.29, 0.717) is 43.7 Å². The molecular formula is C19H17FI2N2O4. The minimum absolute atomic E-state index is 0.115. The number of amides is 1. The zero-order valence-corrected chi connectivity index (χ0v) is 19.3. The zero-order chi connectivity index (χ0) is 20.3. The predicted molar refractivity (Wildman–Crippen MR) is 118 cm³/mol. The third-order valence-electron chi connectivity index (χ3n) is 4.29. The van der Waals surface area contributed by atoms with Gasteiger partial charge in [0.25, 0.3) is 0 Å². The Morgan fingerprint density at radius 1 is 1.29 bits per heavy atom. The number of carbonyl (C=O) groups excluding carboxylic acids is 2. The Hall–Kier alpha value is -1.50. The molecule has 3 rings (SSSR count). The van der Waals surface area contributed by atoms with Crippen LogP contribution in [0, 0.1) is 13.0 Å². The third-order valence-corrected chi connectivity index (χ3v) is 6.02. The van der Waals surface area contributed by atoms with Crippen molar-refractivity contribution in [1.29, 1.82) is 0 Å². The van der Waals surface area contributed by atoms with Crippen molar-refractivity contribution in [3.8, 4) is 17.0 Å². The summed E-state index contributed by atoms with van der Waals surface area (Å²) in [6.07, 6.45) is 1.45. The Balaban J connectivity index is 1.80. The van der Waals surface area contributed by atoms with Crippen LogP contribution in [0.15, 0.2) is 24.3 Å². The molecule has 9 heteroatoms. The van der Waals surface area contributed by atoms with Gasteiger partial charge in [-0.3, -0.25) is 4.79 Å². The third kappa shape index (κ3) is 4.73. The van der Waals surface area contributed by atoms with E-state index in [1.807, 2.05) is 22.6 Å². The van der Waals surface area contributed by atoms with Crippen LogP contribution in [0.1, 0.15) is 23.3 Å². The van der Waals surface area contributed by atoms with Gasteiger partial charge in [0, 0.05) is 26.2 Å². The minimum atomic E-state index is -0.579. The molecule has 0 unspecified atom stereocenters. The summed E-state index contributed by atoms with van der Waals surface area (Å²) in [4.78, 5) is 29.4. The fourth-order valence-corrected chi connectivity index (χ4v) is 4.30. The first kappa shape index (κ1) is 21.2. The van der Waals surface area contributed by atoms with Gasteiger partial charge in [0.1, 0.15) is 23.9 Å². The lowest BCUT2D eigenvalue weighted by Crippen LogP contribution is -2.29. The Labute approximate surface area is 189 Å². The molecule has 0 aliphatic carbocycles. The molecule has 2 aromatic rings. The van der Waals surface area contributed by atoms with Crippen LogP contribution in [-0.2, 0) is 9.53 Å². The lowest BCUT2D eigenvalue weighted by Gasteiger charge is -2.16. The van der Waals surface area contributed by atoms with Crippen molar-refractivity contribution < 1.29 is 23.5 Å². The number of hydrogen-bond donors (Lipinski definition) is 0. The molecule has 28 heavy (non-hydrogen) atoms. The highest BCUT2D eigenvalue weighted by Gasteiger charge is 2.21. The van der Waals surface area contributed by atoms with Crippen molar-refractivity contribution in [2.45, 2.75) is 12.8 Å². The maximum Gasteiger partial charge on any atom is 0.356 e. The van der Waals surface area contributed by atoms with Gasteiger partial charge in [0.05, 0.1) is 24.9 Å². The molecule has 1 aliphatic heterocycles. The summed E-state index contributed by atoms with van der Waals surface area (Å²) in [5, 5.41) is 0. The van der Waals surface area contributed by atoms with E-state index >= 15 is 0 Å². The van der Waals surface area contributed by atoms with E-state index in [-0.39, 0.29) is 11.6 Å². The van der Waals surface area contributed by atoms with Crippen molar-refractivity contribution in [2.75, 3.05) is 26.8 Å². The van der Waals surface area contributed by atoms with E-state index in [1.54, 1.807) is 23.1 Å². The highest BCUT2D eigenvalue weighted by atomic mass is 127. The van der Waals surface area contributed by atoms with Crippen LogP contribution in [0.3, 0.4) is 0 Å². The number of benzene rings is 1. The number of carbonyl (C=O) groups is 2. The number of nitrogens with zero attached hydrogens (tertiary/aromatic N) is 2. The van der Waals surface area contributed by atoms with E-state index in [2.05, 4.69) is 27.6 Å². The summed E-state index contributed by atoms with van der Waals surface area (Å²) < 4.78 is 26.5. The normalized spacial score (nSPS) is 13.7. The first-order valence-electron chi connectivity index (χ1n) is 8.55. The predicted octanol–water partition coefficient (Wildman–Crippen LogP) is 3.88. The van der Waals surface area contributed by atoms with Gasteiger partial charge < -0.3 is 14.4 Å². The average molecular weight is 610 g/mol. The van der Waals surface area contributed by atoms with E-state index in [1.165, 1.54) is 13.2 Å². The molecule has 148 valence electrons. The van der Waals surface area contributed by atoms with E-state index in [9.17, 15) is 14.0 Å². The zero-order valence-electron chi connectivity index (χ0n) is 15.0. The van der Waals surface area contributed by atoms with Gasteiger partial charge in [-0.25, -0.2) is 14.2 Å². The van der Waals surface area contributed by atoms with Gasteiger partial charge in [0.2, 0.25) is 5.91 Å². The topological polar surface area (TPSA) is 68.7 Å². The molecule has 1 aromatic carbocycles. The second kappa shape index (κ2) is 9.33. The Morgan fingerprint density at radius 2 is 2.07 bits per heavy atom. The summed E-state index contributed by atoms with van der Waals surface area (Å²) in [5.74, 6) is -0.557. The second-order valence-corrected chi connectivity index (χ2v) is 8.44. The van der Waals surface area contributed by atoms with E-state index < -0.39 is 11.8 Å². The van der Waals surface area contributed by atoms with Crippen LogP contribution in [-0.4, -0.2) is 48.6 Å². The van der Waals surface area contributed by atoms with Crippen molar-refractivity contribution in [3.63, 3.8) is 0 Å². The molecule has 2 heterocycles. The van der Waals surface area contributed by atoms with Gasteiger partial charge in [-0.15, -0.1) is 0 Å². The number of rotatable bonds is 6. The number of hydrogen-bond acceptors (Lipinski definition) is 5. The summed E-state index contributed by atoms with van der Waals surface area (Å²) >= 11 is 4.07. The van der Waals surface area contributed by atoms with E-state index in [4.69, 9.17) is 9.47 Å². The molecule has 0 radical (unpaired) electrons. The SMILES string of the molecule is COC(=O)c1ccc(I)c(-c2c(F)cc(OCCN3CCCC3=O)cc2I)n1. The van der Waals surface area contributed by atoms with Crippen LogP contribution in [0.5, 0.6) is 5.75 Å². The molecule has 0 saturated carbocycles. The van der Waals surface area contributed by atoms with Gasteiger partial charge in [0.15, 0.2) is 0 Å². The van der Waals surface area contributed by atoms with Gasteiger partial charge in [-0.05, 0) is 69.8 Å². The molecule has 1 aliphatic rings. The lowest BCUT2D eigenvalue weighted by atomic mass is 10.1. The second-order valence-electron chi connectivity index (χ2n) is 6.11. The largest absolute Gasteiger partial charge is 0.492 e. The number of methoxy groups -OCH3 is 1. The Kier molecular flexibility index (Phi) is 7.07. The first-order chi connectivity index (χ1) is 13.4. The van der Waals surface area contributed by atoms with Crippen LogP contribution in [0.25, 0.3) is 11.3 Å². The molecule has 1 saturated heterocycles. The molecule has 1 amide bonds. The molecule has 6 nitrogen and oxygen atoms in total. The molecular weight excluding hydrogens is 593 g/mol. The fourth-order valence-electron chi connectivity index (χ4n) is 2.91. The van der Waals surface area contributed by atoms with Crippen molar-refractivity contribution >= 4 is 57.1 Å². The van der Waals surface area contributed by atoms with Crippen molar-refractivity contribution in [2.24, 2.45) is 0 Å². The molecule has 1 fully saturated rings. The standard InChI is InChI=1S/C19H17FI2N2O4/c1-27-19(26)15-5-4-13(21)18(23-15)17-12(20)9-11(10-14(17)22)28-8-7-24-6-2-3-16(24)25/h4-5,9-10H,2-3,6-8H2,1H3. The van der Waals surface area contributed by atoms with Crippen LogP contribution < -0.4 is 4.74 Å². The van der Waals surface area contributed by atoms with Gasteiger partial charge >= 0.3 is 5.97 Å². The number of likely N-dealkylation sites (tertiary alicyclic amines) is 1. The highest BCUT2D eigenvalue weighted by Crippen LogP contribution is 2.33. The summed E-state index contributed by atoms with van der Waals surface area (Å²) in [7, 11) is 1.27. The summed E-state index contributed by atoms with van der Waals surface area (Å²) in [6, 6.07) is 6.25. The maximum absolute atomic E-state index is 14.9. The molecule has 0 spiro atoms. The lowest BCUT2D eigenvalue weighted by molar-refractivity contribution is -0.128. The minimum Gasteiger partial charge on any atom is -0.492 e. The van der Waals surface area contributed by atoms with Crippen LogP contribution >= 0.6 is 45.2 Å². The number of aromatic nitrogens is 1.